The summed E-state index contributed by atoms with van der Waals surface area (Å²) in [5.74, 6) is 0. The molecule has 10 nitrogen and oxygen atoms in total. The maximum atomic E-state index is 11.2. The van der Waals surface area contributed by atoms with Crippen LogP contribution in [0.4, 0.5) is 0 Å². The molecule has 0 unspecified atom stereocenters. The van der Waals surface area contributed by atoms with Crippen LogP contribution in [-0.4, -0.2) is 21.1 Å². The van der Waals surface area contributed by atoms with Gasteiger partial charge in [-0.3, -0.25) is 30.3 Å². The summed E-state index contributed by atoms with van der Waals surface area (Å²) in [6, 6.07) is 0. The minimum Gasteiger partial charge on any atom is -0.303 e. The van der Waals surface area contributed by atoms with Gasteiger partial charge in [-0.15, -0.1) is 0 Å². The van der Waals surface area contributed by atoms with Crippen LogP contribution in [0, 0.1) is 30.3 Å². The Labute approximate surface area is 176 Å². The van der Waals surface area contributed by atoms with Crippen LogP contribution < -0.4 is 0 Å². The van der Waals surface area contributed by atoms with Crippen LogP contribution in [0.5, 0.6) is 0 Å². The number of hydrogen-bond donors (Lipinski definition) is 0. The smallest absolute Gasteiger partial charge is 0.253 e. The van der Waals surface area contributed by atoms with Crippen molar-refractivity contribution < 1.29 is 19.6 Å². The SMILES string of the molecule is CCCCCCCC/C(=C\C/C=C(\C/C(=C\CCCC=O)[N+](=O)[O-])[N+](=O)[O-])[N+](=O)[O-]. The lowest BCUT2D eigenvalue weighted by molar-refractivity contribution is -0.450. The summed E-state index contributed by atoms with van der Waals surface area (Å²) in [6.45, 7) is 2.11. The molecule has 0 aromatic heterocycles. The molecule has 0 amide bonds. The zero-order valence-corrected chi connectivity index (χ0v) is 17.5. The topological polar surface area (TPSA) is 146 Å². The van der Waals surface area contributed by atoms with Crippen molar-refractivity contribution in [3.05, 3.63) is 65.7 Å². The van der Waals surface area contributed by atoms with E-state index < -0.39 is 21.2 Å². The van der Waals surface area contributed by atoms with Crippen molar-refractivity contribution in [3.63, 3.8) is 0 Å². The van der Waals surface area contributed by atoms with Crippen LogP contribution in [0.2, 0.25) is 0 Å². The van der Waals surface area contributed by atoms with Gasteiger partial charge in [-0.05, 0) is 43.9 Å². The van der Waals surface area contributed by atoms with Crippen molar-refractivity contribution in [2.24, 2.45) is 0 Å². The van der Waals surface area contributed by atoms with Crippen LogP contribution in [0.25, 0.3) is 0 Å². The van der Waals surface area contributed by atoms with Crippen LogP contribution in [0.1, 0.15) is 84.0 Å². The summed E-state index contributed by atoms with van der Waals surface area (Å²) in [7, 11) is 0. The Bertz CT molecular complexity index is 669. The van der Waals surface area contributed by atoms with E-state index in [1.165, 1.54) is 18.2 Å². The molecule has 0 N–H and O–H groups in total. The highest BCUT2D eigenvalue weighted by molar-refractivity contribution is 5.49. The number of carbonyl (C=O) groups is 1. The normalized spacial score (nSPS) is 12.6. The van der Waals surface area contributed by atoms with E-state index in [0.29, 0.717) is 19.1 Å². The Balaban J connectivity index is 4.97. The molecule has 10 heteroatoms. The minimum absolute atomic E-state index is 0.00310. The molecule has 0 aromatic rings. The Kier molecular flexibility index (Phi) is 15.3. The molecule has 0 aliphatic heterocycles. The van der Waals surface area contributed by atoms with E-state index in [0.717, 1.165) is 32.1 Å². The number of nitrogens with zero attached hydrogens (tertiary/aromatic N) is 3. The minimum atomic E-state index is -0.712. The maximum absolute atomic E-state index is 11.2. The largest absolute Gasteiger partial charge is 0.303 e. The second-order valence-electron chi connectivity index (χ2n) is 6.89. The molecular weight excluding hydrogens is 394 g/mol. The molecule has 0 atom stereocenters. The lowest BCUT2D eigenvalue weighted by atomic mass is 10.1. The highest BCUT2D eigenvalue weighted by atomic mass is 16.6. The number of aldehydes is 1. The first-order valence-corrected chi connectivity index (χ1v) is 10.3. The van der Waals surface area contributed by atoms with Gasteiger partial charge in [0.2, 0.25) is 5.70 Å². The van der Waals surface area contributed by atoms with Gasteiger partial charge < -0.3 is 4.79 Å². The second-order valence-corrected chi connectivity index (χ2v) is 6.89. The fourth-order valence-electron chi connectivity index (χ4n) is 2.76. The predicted octanol–water partition coefficient (Wildman–Crippen LogP) is 5.37. The van der Waals surface area contributed by atoms with E-state index >= 15 is 0 Å². The molecular formula is C20H31N3O7. The Morgan fingerprint density at radius 3 is 1.80 bits per heavy atom. The van der Waals surface area contributed by atoms with Gasteiger partial charge in [-0.25, -0.2) is 0 Å². The third-order valence-corrected chi connectivity index (χ3v) is 4.47. The molecule has 0 fully saturated rings. The van der Waals surface area contributed by atoms with E-state index in [-0.39, 0.29) is 42.8 Å². The summed E-state index contributed by atoms with van der Waals surface area (Å²) >= 11 is 0. The Morgan fingerprint density at radius 2 is 1.23 bits per heavy atom. The molecule has 0 aliphatic rings. The average molecular weight is 425 g/mol. The average Bonchev–Trinajstić information content (AvgIpc) is 2.69. The van der Waals surface area contributed by atoms with Gasteiger partial charge in [0.05, 0.1) is 14.8 Å². The molecule has 0 spiro atoms. The lowest BCUT2D eigenvalue weighted by Crippen LogP contribution is -2.06. The summed E-state index contributed by atoms with van der Waals surface area (Å²) < 4.78 is 0. The number of hydrogen-bond acceptors (Lipinski definition) is 7. The van der Waals surface area contributed by atoms with Crippen LogP contribution in [0.15, 0.2) is 35.3 Å². The molecule has 0 aliphatic carbocycles. The summed E-state index contributed by atoms with van der Waals surface area (Å²) in [5, 5.41) is 33.5. The van der Waals surface area contributed by atoms with Gasteiger partial charge in [0.1, 0.15) is 12.7 Å². The molecule has 0 aromatic carbocycles. The zero-order valence-electron chi connectivity index (χ0n) is 17.5. The first-order chi connectivity index (χ1) is 14.3. The molecule has 0 heterocycles. The van der Waals surface area contributed by atoms with E-state index in [1.54, 1.807) is 0 Å². The van der Waals surface area contributed by atoms with Crippen molar-refractivity contribution in [1.82, 2.24) is 0 Å². The van der Waals surface area contributed by atoms with Crippen molar-refractivity contribution in [2.45, 2.75) is 84.0 Å². The van der Waals surface area contributed by atoms with Crippen molar-refractivity contribution in [1.29, 1.82) is 0 Å². The standard InChI is InChI=1S/C20H31N3O7/c1-2-3-4-5-6-8-12-18(21(25)26)14-11-15-20(23(29)30)17-19(22(27)28)13-9-7-10-16-24/h13-16H,2-12,17H2,1H3/b18-14+,19-13+,20-15+. The number of unbranched alkanes of at least 4 members (excludes halogenated alkanes) is 7. The van der Waals surface area contributed by atoms with Gasteiger partial charge in [-0.1, -0.05) is 39.0 Å². The molecule has 0 saturated carbocycles. The predicted molar refractivity (Wildman–Crippen MR) is 112 cm³/mol. The highest BCUT2D eigenvalue weighted by Gasteiger charge is 2.21. The molecule has 0 radical (unpaired) electrons. The van der Waals surface area contributed by atoms with Crippen molar-refractivity contribution >= 4 is 6.29 Å². The van der Waals surface area contributed by atoms with Crippen molar-refractivity contribution in [3.8, 4) is 0 Å². The molecule has 0 bridgehead atoms. The van der Waals surface area contributed by atoms with Gasteiger partial charge >= 0.3 is 0 Å². The van der Waals surface area contributed by atoms with Gasteiger partial charge in [0, 0.05) is 12.8 Å². The maximum Gasteiger partial charge on any atom is 0.253 e. The first kappa shape index (κ1) is 27.1. The Hall–Kier alpha value is -2.91. The van der Waals surface area contributed by atoms with Crippen LogP contribution in [0.3, 0.4) is 0 Å². The molecule has 30 heavy (non-hydrogen) atoms. The zero-order chi connectivity index (χ0) is 22.8. The quantitative estimate of drug-likeness (QED) is 0.124. The van der Waals surface area contributed by atoms with E-state index in [2.05, 4.69) is 6.92 Å². The van der Waals surface area contributed by atoms with Crippen LogP contribution >= 0.6 is 0 Å². The number of rotatable bonds is 18. The summed E-state index contributed by atoms with van der Waals surface area (Å²) in [4.78, 5) is 41.9. The highest BCUT2D eigenvalue weighted by Crippen LogP contribution is 2.17. The lowest BCUT2D eigenvalue weighted by Gasteiger charge is -2.01. The van der Waals surface area contributed by atoms with Gasteiger partial charge in [-0.2, -0.15) is 0 Å². The van der Waals surface area contributed by atoms with Crippen LogP contribution in [-0.2, 0) is 4.79 Å². The molecule has 0 rings (SSSR count). The monoisotopic (exact) mass is 425 g/mol. The fourth-order valence-corrected chi connectivity index (χ4v) is 2.76. The van der Waals surface area contributed by atoms with Crippen molar-refractivity contribution in [2.75, 3.05) is 0 Å². The number of nitro groups is 3. The number of carbonyl (C=O) groups excluding carboxylic acids is 1. The number of allylic oxidation sites excluding steroid dienone is 4. The molecule has 168 valence electrons. The second kappa shape index (κ2) is 17.0. The molecule has 0 saturated heterocycles. The summed E-state index contributed by atoms with van der Waals surface area (Å²) in [5.41, 5.74) is -0.704. The van der Waals surface area contributed by atoms with E-state index in [1.807, 2.05) is 0 Å². The third-order valence-electron chi connectivity index (χ3n) is 4.47. The van der Waals surface area contributed by atoms with Gasteiger partial charge in [0.15, 0.2) is 0 Å². The fraction of sp³-hybridized carbons (Fsp3) is 0.650. The summed E-state index contributed by atoms with van der Waals surface area (Å²) in [6.07, 6.45) is 11.1. The Morgan fingerprint density at radius 1 is 0.700 bits per heavy atom. The van der Waals surface area contributed by atoms with E-state index in [4.69, 9.17) is 0 Å². The van der Waals surface area contributed by atoms with Gasteiger partial charge in [0.25, 0.3) is 11.4 Å². The first-order valence-electron chi connectivity index (χ1n) is 10.3. The third kappa shape index (κ3) is 13.3. The van der Waals surface area contributed by atoms with E-state index in [9.17, 15) is 35.1 Å².